The van der Waals surface area contributed by atoms with E-state index in [-0.39, 0.29) is 31.3 Å². The fourth-order valence-electron chi connectivity index (χ4n) is 4.31. The molecular formula is C28H41N3O5S. The molecule has 1 N–H and O–H groups in total. The van der Waals surface area contributed by atoms with E-state index in [2.05, 4.69) is 5.32 Å². The van der Waals surface area contributed by atoms with E-state index < -0.39 is 16.1 Å². The van der Waals surface area contributed by atoms with Crippen LogP contribution in [0.5, 0.6) is 5.75 Å². The third-order valence-corrected chi connectivity index (χ3v) is 7.29. The summed E-state index contributed by atoms with van der Waals surface area (Å²) in [7, 11) is -1.95. The summed E-state index contributed by atoms with van der Waals surface area (Å²) in [5, 5.41) is 2.91. The topological polar surface area (TPSA) is 96.0 Å². The lowest BCUT2D eigenvalue weighted by atomic mass is 10.1. The van der Waals surface area contributed by atoms with Crippen LogP contribution in [-0.4, -0.2) is 57.6 Å². The smallest absolute Gasteiger partial charge is 0.242 e. The molecule has 2 aromatic rings. The van der Waals surface area contributed by atoms with E-state index in [0.29, 0.717) is 30.8 Å². The van der Waals surface area contributed by atoms with Gasteiger partial charge in [-0.15, -0.1) is 0 Å². The monoisotopic (exact) mass is 531 g/mol. The molecule has 0 unspecified atom stereocenters. The Morgan fingerprint density at radius 3 is 2.16 bits per heavy atom. The average Bonchev–Trinajstić information content (AvgIpc) is 2.84. The van der Waals surface area contributed by atoms with Crippen LogP contribution in [-0.2, 0) is 26.2 Å². The Labute approximate surface area is 222 Å². The number of aryl methyl sites for hydroxylation is 2. The molecule has 37 heavy (non-hydrogen) atoms. The van der Waals surface area contributed by atoms with Gasteiger partial charge in [0.05, 0.1) is 19.1 Å². The SMILES string of the molecule is CCCNC(=O)[C@H](CC)N(Cc1ccc(OC)cc1)C(=O)CCCN(c1cc(C)cc(C)c1)S(C)(=O)=O. The molecule has 2 amide bonds. The second-order valence-electron chi connectivity index (χ2n) is 9.37. The minimum Gasteiger partial charge on any atom is -0.497 e. The molecule has 0 heterocycles. The van der Waals surface area contributed by atoms with E-state index in [1.807, 2.05) is 70.2 Å². The summed E-state index contributed by atoms with van der Waals surface area (Å²) in [5.74, 6) is 0.337. The number of carbonyl (C=O) groups is 2. The van der Waals surface area contributed by atoms with Crippen molar-refractivity contribution in [2.24, 2.45) is 0 Å². The number of carbonyl (C=O) groups excluding carboxylic acids is 2. The number of rotatable bonds is 14. The van der Waals surface area contributed by atoms with E-state index in [4.69, 9.17) is 4.74 Å². The van der Waals surface area contributed by atoms with E-state index in [0.717, 1.165) is 23.1 Å². The van der Waals surface area contributed by atoms with E-state index in [1.165, 1.54) is 10.6 Å². The molecule has 0 radical (unpaired) electrons. The van der Waals surface area contributed by atoms with Crippen molar-refractivity contribution in [1.82, 2.24) is 10.2 Å². The molecule has 0 spiro atoms. The van der Waals surface area contributed by atoms with Crippen LogP contribution in [0.2, 0.25) is 0 Å². The first-order chi connectivity index (χ1) is 17.5. The first-order valence-corrected chi connectivity index (χ1v) is 14.6. The molecule has 2 aromatic carbocycles. The maximum absolute atomic E-state index is 13.5. The summed E-state index contributed by atoms with van der Waals surface area (Å²) < 4.78 is 31.7. The molecule has 204 valence electrons. The van der Waals surface area contributed by atoms with Crippen LogP contribution < -0.4 is 14.4 Å². The van der Waals surface area contributed by atoms with Gasteiger partial charge >= 0.3 is 0 Å². The van der Waals surface area contributed by atoms with E-state index >= 15 is 0 Å². The van der Waals surface area contributed by atoms with E-state index in [1.54, 1.807) is 12.0 Å². The summed E-state index contributed by atoms with van der Waals surface area (Å²) in [6.45, 7) is 8.69. The molecule has 0 aromatic heterocycles. The van der Waals surface area contributed by atoms with Crippen LogP contribution in [0.15, 0.2) is 42.5 Å². The number of amides is 2. The van der Waals surface area contributed by atoms with Crippen molar-refractivity contribution in [3.05, 3.63) is 59.2 Å². The molecule has 8 nitrogen and oxygen atoms in total. The Bertz CT molecular complexity index is 1130. The Morgan fingerprint density at radius 2 is 1.65 bits per heavy atom. The maximum Gasteiger partial charge on any atom is 0.242 e. The fraction of sp³-hybridized carbons (Fsp3) is 0.500. The molecule has 0 aliphatic carbocycles. The van der Waals surface area contributed by atoms with Crippen molar-refractivity contribution < 1.29 is 22.7 Å². The summed E-state index contributed by atoms with van der Waals surface area (Å²) in [6, 6.07) is 12.4. The summed E-state index contributed by atoms with van der Waals surface area (Å²) >= 11 is 0. The highest BCUT2D eigenvalue weighted by Gasteiger charge is 2.28. The minimum atomic E-state index is -3.54. The van der Waals surface area contributed by atoms with Crippen molar-refractivity contribution in [3.8, 4) is 5.75 Å². The number of methoxy groups -OCH3 is 1. The van der Waals surface area contributed by atoms with Crippen molar-refractivity contribution in [2.45, 2.75) is 66.0 Å². The summed E-state index contributed by atoms with van der Waals surface area (Å²) in [4.78, 5) is 28.0. The quantitative estimate of drug-likeness (QED) is 0.394. The molecule has 2 rings (SSSR count). The lowest BCUT2D eigenvalue weighted by molar-refractivity contribution is -0.141. The van der Waals surface area contributed by atoms with Gasteiger partial charge in [0.15, 0.2) is 0 Å². The van der Waals surface area contributed by atoms with Crippen LogP contribution in [0.25, 0.3) is 0 Å². The van der Waals surface area contributed by atoms with Gasteiger partial charge in [-0.05, 0) is 74.1 Å². The highest BCUT2D eigenvalue weighted by molar-refractivity contribution is 7.92. The van der Waals surface area contributed by atoms with Gasteiger partial charge in [-0.1, -0.05) is 32.0 Å². The van der Waals surface area contributed by atoms with Gasteiger partial charge in [0.2, 0.25) is 21.8 Å². The van der Waals surface area contributed by atoms with Crippen LogP contribution in [0.1, 0.15) is 56.2 Å². The largest absolute Gasteiger partial charge is 0.497 e. The number of sulfonamides is 1. The number of ether oxygens (including phenoxy) is 1. The molecule has 9 heteroatoms. The van der Waals surface area contributed by atoms with Crippen molar-refractivity contribution in [1.29, 1.82) is 0 Å². The lowest BCUT2D eigenvalue weighted by Gasteiger charge is -2.31. The molecule has 0 bridgehead atoms. The number of hydrogen-bond donors (Lipinski definition) is 1. The first kappa shape index (κ1) is 30.2. The zero-order chi connectivity index (χ0) is 27.6. The predicted octanol–water partition coefficient (Wildman–Crippen LogP) is 4.19. The summed E-state index contributed by atoms with van der Waals surface area (Å²) in [6.07, 6.45) is 2.88. The third-order valence-electron chi connectivity index (χ3n) is 6.09. The molecule has 0 fully saturated rings. The zero-order valence-corrected chi connectivity index (χ0v) is 23.7. The average molecular weight is 532 g/mol. The second-order valence-corrected chi connectivity index (χ2v) is 11.3. The molecule has 0 saturated carbocycles. The highest BCUT2D eigenvalue weighted by atomic mass is 32.2. The molecular weight excluding hydrogens is 490 g/mol. The minimum absolute atomic E-state index is 0.116. The molecule has 0 aliphatic heterocycles. The standard InChI is InChI=1S/C28H41N3O5S/c1-7-15-29-28(33)26(8-2)30(20-23-11-13-25(36-5)14-12-23)27(32)10-9-16-31(37(6,34)35)24-18-21(3)17-22(4)19-24/h11-14,17-19,26H,7-10,15-16,20H2,1-6H3,(H,29,33)/t26-/m0/s1. The van der Waals surface area contributed by atoms with Gasteiger partial charge in [-0.25, -0.2) is 8.42 Å². The van der Waals surface area contributed by atoms with Crippen LogP contribution in [0.4, 0.5) is 5.69 Å². The molecule has 0 aliphatic rings. The normalized spacial score (nSPS) is 12.1. The van der Waals surface area contributed by atoms with Gasteiger partial charge in [0.1, 0.15) is 11.8 Å². The summed E-state index contributed by atoms with van der Waals surface area (Å²) in [5.41, 5.74) is 3.40. The highest BCUT2D eigenvalue weighted by Crippen LogP contribution is 2.23. The maximum atomic E-state index is 13.5. The van der Waals surface area contributed by atoms with Gasteiger partial charge in [0.25, 0.3) is 0 Å². The number of hydrogen-bond acceptors (Lipinski definition) is 5. The fourth-order valence-corrected chi connectivity index (χ4v) is 5.26. The predicted molar refractivity (Wildman–Crippen MR) is 148 cm³/mol. The Kier molecular flexibility index (Phi) is 11.4. The van der Waals surface area contributed by atoms with Gasteiger partial charge in [-0.2, -0.15) is 0 Å². The van der Waals surface area contributed by atoms with Crippen LogP contribution >= 0.6 is 0 Å². The first-order valence-electron chi connectivity index (χ1n) is 12.8. The molecule has 0 saturated heterocycles. The Morgan fingerprint density at radius 1 is 1.03 bits per heavy atom. The van der Waals surface area contributed by atoms with Crippen molar-refractivity contribution in [2.75, 3.05) is 30.8 Å². The molecule has 1 atom stereocenters. The van der Waals surface area contributed by atoms with E-state index in [9.17, 15) is 18.0 Å². The number of anilines is 1. The lowest BCUT2D eigenvalue weighted by Crippen LogP contribution is -2.49. The van der Waals surface area contributed by atoms with Gasteiger partial charge in [-0.3, -0.25) is 13.9 Å². The number of benzene rings is 2. The van der Waals surface area contributed by atoms with Gasteiger partial charge < -0.3 is 15.0 Å². The Hall–Kier alpha value is -3.07. The van der Waals surface area contributed by atoms with Crippen LogP contribution in [0, 0.1) is 13.8 Å². The third kappa shape index (κ3) is 9.07. The zero-order valence-electron chi connectivity index (χ0n) is 22.9. The van der Waals surface area contributed by atoms with Crippen molar-refractivity contribution >= 4 is 27.5 Å². The number of nitrogens with one attached hydrogen (secondary N) is 1. The number of nitrogens with zero attached hydrogens (tertiary/aromatic N) is 2. The Balaban J connectivity index is 2.23. The van der Waals surface area contributed by atoms with Crippen LogP contribution in [0.3, 0.4) is 0 Å². The van der Waals surface area contributed by atoms with Crippen molar-refractivity contribution in [3.63, 3.8) is 0 Å². The van der Waals surface area contributed by atoms with Gasteiger partial charge in [0, 0.05) is 26.1 Å². The second kappa shape index (κ2) is 14.0.